The van der Waals surface area contributed by atoms with Crippen LogP contribution in [0.5, 0.6) is 0 Å². The van der Waals surface area contributed by atoms with Gasteiger partial charge in [0.2, 0.25) is 0 Å². The number of anilines is 1. The highest BCUT2D eigenvalue weighted by Gasteiger charge is 2.51. The van der Waals surface area contributed by atoms with E-state index >= 15 is 0 Å². The van der Waals surface area contributed by atoms with Crippen LogP contribution < -0.4 is 10.8 Å². The van der Waals surface area contributed by atoms with E-state index in [2.05, 4.69) is 15.3 Å². The molecule has 0 aliphatic carbocycles. The monoisotopic (exact) mass is 325 g/mol. The summed E-state index contributed by atoms with van der Waals surface area (Å²) in [6.45, 7) is 8.01. The number of pyridine rings is 2. The maximum atomic E-state index is 12.1. The van der Waals surface area contributed by atoms with Gasteiger partial charge < -0.3 is 14.6 Å². The maximum absolute atomic E-state index is 12.1. The highest BCUT2D eigenvalue weighted by Crippen LogP contribution is 2.36. The molecule has 3 rings (SSSR count). The van der Waals surface area contributed by atoms with Crippen LogP contribution >= 0.6 is 0 Å². The van der Waals surface area contributed by atoms with E-state index in [4.69, 9.17) is 9.31 Å². The SMILES string of the molecule is CC1(C)OB(c2ccc(NC(=O)c3ccncc3)nc2)OC1(C)C. The third-order valence-corrected chi connectivity index (χ3v) is 4.50. The summed E-state index contributed by atoms with van der Waals surface area (Å²) in [5.74, 6) is 0.241. The largest absolute Gasteiger partial charge is 0.496 e. The van der Waals surface area contributed by atoms with E-state index in [9.17, 15) is 4.79 Å². The third kappa shape index (κ3) is 3.18. The lowest BCUT2D eigenvalue weighted by molar-refractivity contribution is 0.00578. The summed E-state index contributed by atoms with van der Waals surface area (Å²) in [5.41, 5.74) is 0.551. The molecule has 0 unspecified atom stereocenters. The van der Waals surface area contributed by atoms with E-state index in [0.717, 1.165) is 5.46 Å². The van der Waals surface area contributed by atoms with Crippen molar-refractivity contribution in [2.45, 2.75) is 38.9 Å². The molecule has 1 amide bonds. The smallest absolute Gasteiger partial charge is 0.399 e. The first-order valence-electron chi connectivity index (χ1n) is 7.81. The van der Waals surface area contributed by atoms with Crippen molar-refractivity contribution in [3.8, 4) is 0 Å². The van der Waals surface area contributed by atoms with Gasteiger partial charge in [-0.2, -0.15) is 0 Å². The molecular formula is C17H20BN3O3. The molecule has 0 bridgehead atoms. The van der Waals surface area contributed by atoms with Crippen molar-refractivity contribution in [2.24, 2.45) is 0 Å². The predicted octanol–water partition coefficient (Wildman–Crippen LogP) is 2.03. The fourth-order valence-corrected chi connectivity index (χ4v) is 2.29. The lowest BCUT2D eigenvalue weighted by atomic mass is 9.80. The molecule has 2 aromatic rings. The highest BCUT2D eigenvalue weighted by atomic mass is 16.7. The van der Waals surface area contributed by atoms with Crippen molar-refractivity contribution >= 4 is 24.3 Å². The molecule has 1 saturated heterocycles. The van der Waals surface area contributed by atoms with Crippen LogP contribution in [-0.2, 0) is 9.31 Å². The van der Waals surface area contributed by atoms with E-state index in [0.29, 0.717) is 11.4 Å². The van der Waals surface area contributed by atoms with Gasteiger partial charge in [0, 0.05) is 29.6 Å². The number of nitrogens with one attached hydrogen (secondary N) is 1. The van der Waals surface area contributed by atoms with Crippen LogP contribution in [0.25, 0.3) is 0 Å². The van der Waals surface area contributed by atoms with Crippen molar-refractivity contribution in [2.75, 3.05) is 5.32 Å². The lowest BCUT2D eigenvalue weighted by Gasteiger charge is -2.32. The average molecular weight is 325 g/mol. The number of nitrogens with zero attached hydrogens (tertiary/aromatic N) is 2. The molecule has 124 valence electrons. The number of rotatable bonds is 3. The Kier molecular flexibility index (Phi) is 4.15. The lowest BCUT2D eigenvalue weighted by Crippen LogP contribution is -2.41. The minimum absolute atomic E-state index is 0.228. The molecule has 2 aromatic heterocycles. The van der Waals surface area contributed by atoms with Gasteiger partial charge in [-0.05, 0) is 45.9 Å². The van der Waals surface area contributed by atoms with Crippen molar-refractivity contribution in [3.63, 3.8) is 0 Å². The van der Waals surface area contributed by atoms with Crippen LogP contribution in [0.3, 0.4) is 0 Å². The van der Waals surface area contributed by atoms with Gasteiger partial charge in [0.15, 0.2) is 0 Å². The van der Waals surface area contributed by atoms with E-state index < -0.39 is 18.3 Å². The summed E-state index contributed by atoms with van der Waals surface area (Å²) in [5, 5.41) is 2.75. The standard InChI is InChI=1S/C17H20BN3O3/c1-16(2)17(3,4)24-18(23-16)13-5-6-14(20-11-13)21-15(22)12-7-9-19-10-8-12/h5-11H,1-4H3,(H,20,21,22). The van der Waals surface area contributed by atoms with Gasteiger partial charge in [0.05, 0.1) is 11.2 Å². The molecule has 7 heteroatoms. The van der Waals surface area contributed by atoms with Crippen molar-refractivity contribution in [1.29, 1.82) is 0 Å². The zero-order chi connectivity index (χ0) is 17.4. The third-order valence-electron chi connectivity index (χ3n) is 4.50. The Morgan fingerprint density at radius 2 is 1.67 bits per heavy atom. The zero-order valence-corrected chi connectivity index (χ0v) is 14.2. The van der Waals surface area contributed by atoms with E-state index in [1.54, 1.807) is 36.8 Å². The summed E-state index contributed by atoms with van der Waals surface area (Å²) >= 11 is 0. The first-order valence-corrected chi connectivity index (χ1v) is 7.81. The molecule has 1 aliphatic rings. The zero-order valence-electron chi connectivity index (χ0n) is 14.2. The van der Waals surface area contributed by atoms with Gasteiger partial charge in [-0.15, -0.1) is 0 Å². The molecule has 0 radical (unpaired) electrons. The highest BCUT2D eigenvalue weighted by molar-refractivity contribution is 6.62. The fourth-order valence-electron chi connectivity index (χ4n) is 2.29. The summed E-state index contributed by atoms with van der Waals surface area (Å²) in [6.07, 6.45) is 4.80. The summed E-state index contributed by atoms with van der Waals surface area (Å²) in [6, 6.07) is 6.87. The Bertz CT molecular complexity index is 717. The van der Waals surface area contributed by atoms with Gasteiger partial charge in [-0.3, -0.25) is 9.78 Å². The molecule has 24 heavy (non-hydrogen) atoms. The number of hydrogen-bond acceptors (Lipinski definition) is 5. The minimum Gasteiger partial charge on any atom is -0.399 e. The van der Waals surface area contributed by atoms with Crippen molar-refractivity contribution in [3.05, 3.63) is 48.4 Å². The van der Waals surface area contributed by atoms with Crippen molar-refractivity contribution < 1.29 is 14.1 Å². The second-order valence-corrected chi connectivity index (χ2v) is 6.76. The summed E-state index contributed by atoms with van der Waals surface area (Å²) in [4.78, 5) is 20.3. The molecular weight excluding hydrogens is 305 g/mol. The van der Waals surface area contributed by atoms with Gasteiger partial charge in [-0.25, -0.2) is 4.98 Å². The molecule has 0 atom stereocenters. The fraction of sp³-hybridized carbons (Fsp3) is 0.353. The number of hydrogen-bond donors (Lipinski definition) is 1. The molecule has 1 N–H and O–H groups in total. The molecule has 0 spiro atoms. The van der Waals surface area contributed by atoms with Crippen LogP contribution in [0.4, 0.5) is 5.82 Å². The number of carbonyl (C=O) groups excluding carboxylic acids is 1. The first-order chi connectivity index (χ1) is 11.3. The predicted molar refractivity (Wildman–Crippen MR) is 92.1 cm³/mol. The molecule has 3 heterocycles. The average Bonchev–Trinajstić information content (AvgIpc) is 2.77. The van der Waals surface area contributed by atoms with Crippen LogP contribution in [0, 0.1) is 0 Å². The summed E-state index contributed by atoms with van der Waals surface area (Å²) < 4.78 is 12.0. The number of aromatic nitrogens is 2. The summed E-state index contributed by atoms with van der Waals surface area (Å²) in [7, 11) is -0.465. The van der Waals surface area contributed by atoms with Crippen LogP contribution in [0.1, 0.15) is 38.1 Å². The maximum Gasteiger partial charge on any atom is 0.496 e. The second kappa shape index (κ2) is 6.00. The normalized spacial score (nSPS) is 18.4. The van der Waals surface area contributed by atoms with Gasteiger partial charge >= 0.3 is 7.12 Å². The Morgan fingerprint density at radius 1 is 1.04 bits per heavy atom. The van der Waals surface area contributed by atoms with Crippen molar-refractivity contribution in [1.82, 2.24) is 9.97 Å². The van der Waals surface area contributed by atoms with E-state index in [1.807, 2.05) is 33.8 Å². The molecule has 0 saturated carbocycles. The van der Waals surface area contributed by atoms with Crippen LogP contribution in [0.2, 0.25) is 0 Å². The Balaban J connectivity index is 1.70. The topological polar surface area (TPSA) is 73.3 Å². The molecule has 6 nitrogen and oxygen atoms in total. The second-order valence-electron chi connectivity index (χ2n) is 6.76. The first kappa shape index (κ1) is 16.6. The van der Waals surface area contributed by atoms with Gasteiger partial charge in [0.1, 0.15) is 5.82 Å². The van der Waals surface area contributed by atoms with Crippen LogP contribution in [0.15, 0.2) is 42.9 Å². The van der Waals surface area contributed by atoms with E-state index in [-0.39, 0.29) is 5.91 Å². The van der Waals surface area contributed by atoms with Gasteiger partial charge in [-0.1, -0.05) is 6.07 Å². The molecule has 1 fully saturated rings. The number of carbonyl (C=O) groups is 1. The number of amides is 1. The van der Waals surface area contributed by atoms with E-state index in [1.165, 1.54) is 0 Å². The van der Waals surface area contributed by atoms with Crippen LogP contribution in [-0.4, -0.2) is 34.2 Å². The van der Waals surface area contributed by atoms with Gasteiger partial charge in [0.25, 0.3) is 5.91 Å². The molecule has 0 aromatic carbocycles. The minimum atomic E-state index is -0.465. The quantitative estimate of drug-likeness (QED) is 0.874. The molecule has 1 aliphatic heterocycles. The Labute approximate surface area is 141 Å². The Hall–Kier alpha value is -2.25. The Morgan fingerprint density at radius 3 is 2.21 bits per heavy atom.